The Morgan fingerprint density at radius 3 is 2.50 bits per heavy atom. The molecule has 0 unspecified atom stereocenters. The standard InChI is InChI=1S/C25H25N3O4/c1-27(2)14-5-15-28-21(17-10-12-26-13-11-17)20(24(31)25(28)32)23(30)19-9-8-16-6-3-4-7-18(16)22(19)29/h3-4,6-13,21,29-30H,5,14-15H2,1-2H3/t21-/m1/s1. The number of carbonyl (C=O) groups is 2. The summed E-state index contributed by atoms with van der Waals surface area (Å²) in [4.78, 5) is 33.5. The molecule has 1 amide bonds. The zero-order valence-electron chi connectivity index (χ0n) is 18.0. The lowest BCUT2D eigenvalue weighted by Gasteiger charge is -2.25. The van der Waals surface area contributed by atoms with E-state index in [-0.39, 0.29) is 22.6 Å². The van der Waals surface area contributed by atoms with E-state index < -0.39 is 17.7 Å². The van der Waals surface area contributed by atoms with Gasteiger partial charge in [0.15, 0.2) is 0 Å². The Kier molecular flexibility index (Phi) is 5.92. The van der Waals surface area contributed by atoms with Gasteiger partial charge in [-0.05, 0) is 56.2 Å². The van der Waals surface area contributed by atoms with Crippen LogP contribution in [0.3, 0.4) is 0 Å². The molecule has 0 radical (unpaired) electrons. The Morgan fingerprint density at radius 1 is 1.06 bits per heavy atom. The molecule has 0 saturated carbocycles. The second-order valence-electron chi connectivity index (χ2n) is 8.11. The van der Waals surface area contributed by atoms with Gasteiger partial charge in [0.25, 0.3) is 11.7 Å². The van der Waals surface area contributed by atoms with E-state index in [0.29, 0.717) is 23.9 Å². The van der Waals surface area contributed by atoms with E-state index in [0.717, 1.165) is 11.9 Å². The van der Waals surface area contributed by atoms with Gasteiger partial charge in [0.2, 0.25) is 0 Å². The number of likely N-dealkylation sites (tertiary alicyclic amines) is 1. The fraction of sp³-hybridized carbons (Fsp3) is 0.240. The van der Waals surface area contributed by atoms with Gasteiger partial charge in [0, 0.05) is 24.3 Å². The topological polar surface area (TPSA) is 94.0 Å². The second-order valence-corrected chi connectivity index (χ2v) is 8.11. The molecule has 1 aromatic heterocycles. The lowest BCUT2D eigenvalue weighted by molar-refractivity contribution is -0.139. The van der Waals surface area contributed by atoms with Crippen molar-refractivity contribution >= 4 is 28.2 Å². The summed E-state index contributed by atoms with van der Waals surface area (Å²) in [5.41, 5.74) is 0.761. The first-order chi connectivity index (χ1) is 15.4. The van der Waals surface area contributed by atoms with E-state index in [1.54, 1.807) is 48.8 Å². The quantitative estimate of drug-likeness (QED) is 0.353. The van der Waals surface area contributed by atoms with E-state index in [1.807, 2.05) is 31.1 Å². The van der Waals surface area contributed by atoms with Gasteiger partial charge in [-0.15, -0.1) is 0 Å². The minimum Gasteiger partial charge on any atom is -0.507 e. The number of ketones is 1. The molecule has 7 nitrogen and oxygen atoms in total. The van der Waals surface area contributed by atoms with Crippen molar-refractivity contribution in [3.05, 3.63) is 77.6 Å². The Hall–Kier alpha value is -3.71. The number of aliphatic hydroxyl groups is 1. The minimum atomic E-state index is -0.762. The molecule has 0 bridgehead atoms. The summed E-state index contributed by atoms with van der Waals surface area (Å²) in [6.45, 7) is 1.10. The number of nitrogens with zero attached hydrogens (tertiary/aromatic N) is 3. The molecule has 2 aromatic carbocycles. The number of benzene rings is 2. The predicted molar refractivity (Wildman–Crippen MR) is 122 cm³/mol. The molecule has 164 valence electrons. The molecule has 3 aromatic rings. The fourth-order valence-corrected chi connectivity index (χ4v) is 4.15. The number of aromatic hydroxyl groups is 1. The first kappa shape index (κ1) is 21.5. The van der Waals surface area contributed by atoms with Gasteiger partial charge in [-0.2, -0.15) is 0 Å². The van der Waals surface area contributed by atoms with Gasteiger partial charge in [0.05, 0.1) is 17.2 Å². The van der Waals surface area contributed by atoms with Crippen molar-refractivity contribution in [1.82, 2.24) is 14.8 Å². The second kappa shape index (κ2) is 8.80. The Balaban J connectivity index is 1.85. The molecule has 1 saturated heterocycles. The van der Waals surface area contributed by atoms with Crippen LogP contribution >= 0.6 is 0 Å². The third kappa shape index (κ3) is 3.83. The summed E-state index contributed by atoms with van der Waals surface area (Å²) in [5, 5.41) is 23.4. The van der Waals surface area contributed by atoms with Crippen molar-refractivity contribution in [3.63, 3.8) is 0 Å². The number of aliphatic hydroxyl groups excluding tert-OH is 1. The molecule has 0 aliphatic carbocycles. The Morgan fingerprint density at radius 2 is 1.78 bits per heavy atom. The summed E-state index contributed by atoms with van der Waals surface area (Å²) in [6.07, 6.45) is 3.84. The molecule has 1 atom stereocenters. The molecular weight excluding hydrogens is 406 g/mol. The maximum atomic E-state index is 13.1. The highest BCUT2D eigenvalue weighted by Gasteiger charge is 2.46. The number of hydrogen-bond acceptors (Lipinski definition) is 6. The number of aromatic nitrogens is 1. The SMILES string of the molecule is CN(C)CCCN1C(=O)C(=O)C(=C(O)c2ccc3ccccc3c2O)[C@H]1c1ccncc1. The third-order valence-electron chi connectivity index (χ3n) is 5.72. The number of hydrogen-bond donors (Lipinski definition) is 2. The van der Waals surface area contributed by atoms with Crippen molar-refractivity contribution in [2.75, 3.05) is 27.2 Å². The van der Waals surface area contributed by atoms with E-state index in [4.69, 9.17) is 0 Å². The van der Waals surface area contributed by atoms with Crippen LogP contribution in [-0.4, -0.2) is 63.9 Å². The van der Waals surface area contributed by atoms with Crippen LogP contribution in [0.4, 0.5) is 0 Å². The Bertz CT molecular complexity index is 1200. The van der Waals surface area contributed by atoms with Crippen molar-refractivity contribution in [2.24, 2.45) is 0 Å². The highest BCUT2D eigenvalue weighted by atomic mass is 16.3. The molecule has 0 spiro atoms. The van der Waals surface area contributed by atoms with E-state index in [9.17, 15) is 19.8 Å². The van der Waals surface area contributed by atoms with Crippen LogP contribution in [0.5, 0.6) is 5.75 Å². The van der Waals surface area contributed by atoms with E-state index in [1.165, 1.54) is 4.90 Å². The largest absolute Gasteiger partial charge is 0.507 e. The lowest BCUT2D eigenvalue weighted by Crippen LogP contribution is -2.32. The number of phenols is 1. The molecule has 1 aliphatic heterocycles. The van der Waals surface area contributed by atoms with Crippen LogP contribution in [0.2, 0.25) is 0 Å². The summed E-state index contributed by atoms with van der Waals surface area (Å²) in [5.74, 6) is -1.94. The zero-order valence-corrected chi connectivity index (χ0v) is 18.0. The molecule has 7 heteroatoms. The molecule has 2 heterocycles. The number of rotatable bonds is 6. The van der Waals surface area contributed by atoms with Crippen molar-refractivity contribution < 1.29 is 19.8 Å². The smallest absolute Gasteiger partial charge is 0.295 e. The third-order valence-corrected chi connectivity index (χ3v) is 5.72. The van der Waals surface area contributed by atoms with Gasteiger partial charge in [-0.25, -0.2) is 0 Å². The van der Waals surface area contributed by atoms with Crippen LogP contribution in [0, 0.1) is 0 Å². The molecule has 1 aliphatic rings. The summed E-state index contributed by atoms with van der Waals surface area (Å²) in [7, 11) is 3.88. The highest BCUT2D eigenvalue weighted by molar-refractivity contribution is 6.46. The molecule has 2 N–H and O–H groups in total. The highest BCUT2D eigenvalue weighted by Crippen LogP contribution is 2.42. The summed E-state index contributed by atoms with van der Waals surface area (Å²) >= 11 is 0. The number of phenolic OH excluding ortho intramolecular Hbond substituents is 1. The van der Waals surface area contributed by atoms with Gasteiger partial charge >= 0.3 is 0 Å². The van der Waals surface area contributed by atoms with Crippen LogP contribution in [0.15, 0.2) is 66.5 Å². The van der Waals surface area contributed by atoms with Crippen molar-refractivity contribution in [1.29, 1.82) is 0 Å². The number of pyridine rings is 1. The minimum absolute atomic E-state index is 0.0309. The maximum Gasteiger partial charge on any atom is 0.295 e. The van der Waals surface area contributed by atoms with Crippen LogP contribution in [0.1, 0.15) is 23.6 Å². The number of carbonyl (C=O) groups excluding carboxylic acids is 2. The molecule has 4 rings (SSSR count). The normalized spacial score (nSPS) is 18.1. The van der Waals surface area contributed by atoms with Gasteiger partial charge in [-0.3, -0.25) is 14.6 Å². The predicted octanol–water partition coefficient (Wildman–Crippen LogP) is 3.31. The van der Waals surface area contributed by atoms with Crippen LogP contribution in [-0.2, 0) is 9.59 Å². The zero-order chi connectivity index (χ0) is 22.8. The lowest BCUT2D eigenvalue weighted by atomic mass is 9.94. The first-order valence-corrected chi connectivity index (χ1v) is 10.4. The van der Waals surface area contributed by atoms with Crippen LogP contribution < -0.4 is 0 Å². The van der Waals surface area contributed by atoms with Gasteiger partial charge in [-0.1, -0.05) is 30.3 Å². The molecule has 32 heavy (non-hydrogen) atoms. The van der Waals surface area contributed by atoms with E-state index >= 15 is 0 Å². The van der Waals surface area contributed by atoms with Crippen LogP contribution in [0.25, 0.3) is 16.5 Å². The Labute approximate surface area is 186 Å². The average molecular weight is 431 g/mol. The van der Waals surface area contributed by atoms with Gasteiger partial charge < -0.3 is 20.0 Å². The van der Waals surface area contributed by atoms with E-state index in [2.05, 4.69) is 4.98 Å². The first-order valence-electron chi connectivity index (χ1n) is 10.4. The van der Waals surface area contributed by atoms with Crippen molar-refractivity contribution in [2.45, 2.75) is 12.5 Å². The summed E-state index contributed by atoms with van der Waals surface area (Å²) in [6, 6.07) is 13.2. The molecular formula is C25H25N3O4. The van der Waals surface area contributed by atoms with Gasteiger partial charge in [0.1, 0.15) is 11.5 Å². The fourth-order valence-electron chi connectivity index (χ4n) is 4.15. The number of Topliss-reactive ketones (excluding diaryl/α,β-unsaturated/α-hetero) is 1. The average Bonchev–Trinajstić information content (AvgIpc) is 3.04. The number of fused-ring (bicyclic) bond motifs is 1. The maximum absolute atomic E-state index is 13.1. The van der Waals surface area contributed by atoms with Crippen molar-refractivity contribution in [3.8, 4) is 5.75 Å². The number of amides is 1. The molecule has 1 fully saturated rings. The monoisotopic (exact) mass is 431 g/mol. The summed E-state index contributed by atoms with van der Waals surface area (Å²) < 4.78 is 0.